The molecule has 0 aliphatic carbocycles. The van der Waals surface area contributed by atoms with Crippen molar-refractivity contribution in [2.24, 2.45) is 0 Å². The Morgan fingerprint density at radius 1 is 0.318 bits per heavy atom. The van der Waals surface area contributed by atoms with E-state index >= 15 is 0 Å². The minimum absolute atomic E-state index is 0.0796. The molecule has 0 N–H and O–H groups in total. The molecule has 0 aromatic carbocycles. The number of esters is 3. The van der Waals surface area contributed by atoms with E-state index in [1.807, 2.05) is 0 Å². The standard InChI is InChI=1S/C60H104O6/c1-4-7-10-13-16-18-20-22-24-25-26-27-28-29-30-31-32-33-34-35-37-38-40-42-44-47-50-53-59(62)65-56-57(55-64-58(61)52-49-46-15-12-9-6-3)66-60(63)54-51-48-45-43-41-39-36-23-21-19-17-14-11-8-5-2/h7,10,16-19,22-24,26-27,36,57H,4-6,8-9,11-15,20-21,25,28-35,37-56H2,1-3H3/b10-7-,18-16-,19-17-,24-22-,27-26-,36-23-. The van der Waals surface area contributed by atoms with Gasteiger partial charge in [0.1, 0.15) is 13.2 Å². The molecule has 66 heavy (non-hydrogen) atoms. The Morgan fingerprint density at radius 2 is 0.591 bits per heavy atom. The van der Waals surface area contributed by atoms with E-state index in [0.29, 0.717) is 19.3 Å². The van der Waals surface area contributed by atoms with Crippen LogP contribution in [-0.2, 0) is 28.6 Å². The highest BCUT2D eigenvalue weighted by molar-refractivity contribution is 5.71. The van der Waals surface area contributed by atoms with Gasteiger partial charge in [-0.05, 0) is 89.9 Å². The van der Waals surface area contributed by atoms with Crippen molar-refractivity contribution < 1.29 is 28.6 Å². The van der Waals surface area contributed by atoms with Crippen molar-refractivity contribution in [1.82, 2.24) is 0 Å². The highest BCUT2D eigenvalue weighted by atomic mass is 16.6. The number of carbonyl (C=O) groups is 3. The van der Waals surface area contributed by atoms with E-state index in [0.717, 1.165) is 109 Å². The first-order valence-electron chi connectivity index (χ1n) is 27.9. The molecule has 1 unspecified atom stereocenters. The van der Waals surface area contributed by atoms with E-state index in [-0.39, 0.29) is 31.1 Å². The molecular weight excluding hydrogens is 817 g/mol. The molecule has 380 valence electrons. The number of hydrogen-bond acceptors (Lipinski definition) is 6. The van der Waals surface area contributed by atoms with Gasteiger partial charge in [-0.15, -0.1) is 0 Å². The third-order valence-corrected chi connectivity index (χ3v) is 11.9. The lowest BCUT2D eigenvalue weighted by Crippen LogP contribution is -2.30. The largest absolute Gasteiger partial charge is 0.462 e. The second-order valence-corrected chi connectivity index (χ2v) is 18.5. The molecule has 1 atom stereocenters. The second-order valence-electron chi connectivity index (χ2n) is 18.5. The lowest BCUT2D eigenvalue weighted by Gasteiger charge is -2.18. The fourth-order valence-corrected chi connectivity index (χ4v) is 7.76. The predicted molar refractivity (Wildman–Crippen MR) is 284 cm³/mol. The Balaban J connectivity index is 4.09. The normalized spacial score (nSPS) is 12.6. The molecule has 0 aliphatic rings. The van der Waals surface area contributed by atoms with Crippen LogP contribution in [0.5, 0.6) is 0 Å². The van der Waals surface area contributed by atoms with Gasteiger partial charge < -0.3 is 14.2 Å². The summed E-state index contributed by atoms with van der Waals surface area (Å²) in [5.74, 6) is -0.899. The van der Waals surface area contributed by atoms with Crippen molar-refractivity contribution in [3.63, 3.8) is 0 Å². The maximum absolute atomic E-state index is 12.8. The van der Waals surface area contributed by atoms with Crippen LogP contribution in [0.25, 0.3) is 0 Å². The van der Waals surface area contributed by atoms with Crippen LogP contribution in [0, 0.1) is 0 Å². The van der Waals surface area contributed by atoms with Gasteiger partial charge in [-0.25, -0.2) is 0 Å². The van der Waals surface area contributed by atoms with E-state index < -0.39 is 6.10 Å². The zero-order valence-electron chi connectivity index (χ0n) is 43.4. The molecular formula is C60H104O6. The van der Waals surface area contributed by atoms with Crippen molar-refractivity contribution >= 4 is 17.9 Å². The summed E-state index contributed by atoms with van der Waals surface area (Å²) in [6.45, 7) is 6.44. The molecule has 0 saturated carbocycles. The van der Waals surface area contributed by atoms with Gasteiger partial charge in [-0.2, -0.15) is 0 Å². The number of ether oxygens (including phenoxy) is 3. The summed E-state index contributed by atoms with van der Waals surface area (Å²) in [6.07, 6.45) is 69.3. The number of rotatable bonds is 50. The van der Waals surface area contributed by atoms with E-state index in [4.69, 9.17) is 14.2 Å². The van der Waals surface area contributed by atoms with Gasteiger partial charge in [0.25, 0.3) is 0 Å². The van der Waals surface area contributed by atoms with Crippen molar-refractivity contribution in [3.05, 3.63) is 72.9 Å². The van der Waals surface area contributed by atoms with Gasteiger partial charge in [0.2, 0.25) is 0 Å². The molecule has 0 rings (SSSR count). The SMILES string of the molecule is CC/C=C\C/C=C\C/C=C\C/C=C\CCCCCCCCCCCCCCCCC(=O)OCC(COC(=O)CCCCCCCC)OC(=O)CCCCCCC/C=C\C/C=C\CCCCC. The first-order valence-corrected chi connectivity index (χ1v) is 27.9. The highest BCUT2D eigenvalue weighted by Gasteiger charge is 2.19. The van der Waals surface area contributed by atoms with E-state index in [1.165, 1.54) is 122 Å². The lowest BCUT2D eigenvalue weighted by atomic mass is 10.0. The molecule has 0 spiro atoms. The van der Waals surface area contributed by atoms with Crippen molar-refractivity contribution in [3.8, 4) is 0 Å². The van der Waals surface area contributed by atoms with Gasteiger partial charge in [-0.3, -0.25) is 14.4 Å². The maximum atomic E-state index is 12.8. The average molecular weight is 921 g/mol. The van der Waals surface area contributed by atoms with Crippen LogP contribution in [0.3, 0.4) is 0 Å². The molecule has 0 fully saturated rings. The molecule has 0 amide bonds. The topological polar surface area (TPSA) is 78.9 Å². The molecule has 0 heterocycles. The minimum atomic E-state index is -0.778. The molecule has 0 aromatic rings. The van der Waals surface area contributed by atoms with Gasteiger partial charge in [0.15, 0.2) is 6.10 Å². The molecule has 6 heteroatoms. The molecule has 0 saturated heterocycles. The summed E-state index contributed by atoms with van der Waals surface area (Å²) >= 11 is 0. The first-order chi connectivity index (χ1) is 32.5. The third kappa shape index (κ3) is 51.8. The number of allylic oxidation sites excluding steroid dienone is 12. The van der Waals surface area contributed by atoms with Crippen molar-refractivity contribution in [2.45, 2.75) is 277 Å². The number of hydrogen-bond donors (Lipinski definition) is 0. The van der Waals surface area contributed by atoms with Crippen LogP contribution < -0.4 is 0 Å². The summed E-state index contributed by atoms with van der Waals surface area (Å²) in [4.78, 5) is 37.8. The van der Waals surface area contributed by atoms with Crippen LogP contribution in [-0.4, -0.2) is 37.2 Å². The smallest absolute Gasteiger partial charge is 0.306 e. The quantitative estimate of drug-likeness (QED) is 0.0262. The Kier molecular flexibility index (Phi) is 51.9. The predicted octanol–water partition coefficient (Wildman–Crippen LogP) is 18.6. The van der Waals surface area contributed by atoms with Crippen LogP contribution in [0.2, 0.25) is 0 Å². The zero-order chi connectivity index (χ0) is 47.9. The fourth-order valence-electron chi connectivity index (χ4n) is 7.76. The van der Waals surface area contributed by atoms with E-state index in [9.17, 15) is 14.4 Å². The molecule has 0 aliphatic heterocycles. The Hall–Kier alpha value is -3.15. The zero-order valence-corrected chi connectivity index (χ0v) is 43.4. The Labute approximate surface area is 408 Å². The van der Waals surface area contributed by atoms with Crippen molar-refractivity contribution in [2.75, 3.05) is 13.2 Å². The van der Waals surface area contributed by atoms with Gasteiger partial charge >= 0.3 is 17.9 Å². The summed E-state index contributed by atoms with van der Waals surface area (Å²) in [5.41, 5.74) is 0. The lowest BCUT2D eigenvalue weighted by molar-refractivity contribution is -0.167. The molecule has 0 aromatic heterocycles. The third-order valence-electron chi connectivity index (χ3n) is 11.9. The fraction of sp³-hybridized carbons (Fsp3) is 0.750. The van der Waals surface area contributed by atoms with E-state index in [2.05, 4.69) is 93.7 Å². The number of carbonyl (C=O) groups excluding carboxylic acids is 3. The maximum Gasteiger partial charge on any atom is 0.306 e. The van der Waals surface area contributed by atoms with Crippen LogP contribution >= 0.6 is 0 Å². The highest BCUT2D eigenvalue weighted by Crippen LogP contribution is 2.15. The second kappa shape index (κ2) is 54.5. The van der Waals surface area contributed by atoms with Crippen molar-refractivity contribution in [1.29, 1.82) is 0 Å². The van der Waals surface area contributed by atoms with Crippen LogP contribution in [0.4, 0.5) is 0 Å². The Bertz CT molecular complexity index is 1240. The van der Waals surface area contributed by atoms with Crippen LogP contribution in [0.15, 0.2) is 72.9 Å². The minimum Gasteiger partial charge on any atom is -0.462 e. The van der Waals surface area contributed by atoms with Gasteiger partial charge in [0, 0.05) is 19.3 Å². The molecule has 0 radical (unpaired) electrons. The summed E-state index contributed by atoms with van der Waals surface area (Å²) in [7, 11) is 0. The van der Waals surface area contributed by atoms with E-state index in [1.54, 1.807) is 0 Å². The Morgan fingerprint density at radius 3 is 0.955 bits per heavy atom. The average Bonchev–Trinajstić information content (AvgIpc) is 3.31. The molecule has 0 bridgehead atoms. The summed E-state index contributed by atoms with van der Waals surface area (Å²) in [6, 6.07) is 0. The van der Waals surface area contributed by atoms with Gasteiger partial charge in [-0.1, -0.05) is 235 Å². The van der Waals surface area contributed by atoms with Gasteiger partial charge in [0.05, 0.1) is 0 Å². The molecule has 6 nitrogen and oxygen atoms in total. The summed E-state index contributed by atoms with van der Waals surface area (Å²) in [5, 5.41) is 0. The number of unbranched alkanes of at least 4 members (excludes halogenated alkanes) is 27. The monoisotopic (exact) mass is 921 g/mol. The first kappa shape index (κ1) is 62.8. The van der Waals surface area contributed by atoms with Crippen LogP contribution in [0.1, 0.15) is 271 Å². The summed E-state index contributed by atoms with van der Waals surface area (Å²) < 4.78 is 16.7.